The third-order valence-electron chi connectivity index (χ3n) is 2.72. The Labute approximate surface area is 128 Å². The number of aromatic nitrogens is 2. The second-order valence-electron chi connectivity index (χ2n) is 4.39. The molecule has 0 saturated carbocycles. The fourth-order valence-corrected chi connectivity index (χ4v) is 2.89. The van der Waals surface area contributed by atoms with E-state index in [1.54, 1.807) is 23.6 Å². The fraction of sp³-hybridized carbons (Fsp3) is 0.357. The summed E-state index contributed by atoms with van der Waals surface area (Å²) in [5.74, 6) is 0. The van der Waals surface area contributed by atoms with E-state index in [9.17, 15) is 0 Å². The highest BCUT2D eigenvalue weighted by Gasteiger charge is 2.05. The van der Waals surface area contributed by atoms with E-state index < -0.39 is 0 Å². The van der Waals surface area contributed by atoms with Crippen LogP contribution in [0.4, 0.5) is 0 Å². The van der Waals surface area contributed by atoms with Gasteiger partial charge < -0.3 is 10.1 Å². The van der Waals surface area contributed by atoms with Gasteiger partial charge in [0.15, 0.2) is 0 Å². The highest BCUT2D eigenvalue weighted by molar-refractivity contribution is 7.99. The van der Waals surface area contributed by atoms with Crippen molar-refractivity contribution >= 4 is 23.4 Å². The van der Waals surface area contributed by atoms with E-state index in [4.69, 9.17) is 16.3 Å². The van der Waals surface area contributed by atoms with Gasteiger partial charge in [0, 0.05) is 38.3 Å². The Balaban J connectivity index is 1.95. The average Bonchev–Trinajstić information content (AvgIpc) is 2.83. The molecule has 0 aliphatic rings. The first-order valence-corrected chi connectivity index (χ1v) is 7.53. The van der Waals surface area contributed by atoms with Crippen LogP contribution in [0.25, 0.3) is 0 Å². The third kappa shape index (κ3) is 4.52. The molecular weight excluding hydrogens is 294 g/mol. The minimum atomic E-state index is 0.711. The maximum Gasteiger partial charge on any atom is 0.0629 e. The van der Waals surface area contributed by atoms with Gasteiger partial charge in [-0.1, -0.05) is 29.4 Å². The number of hydrogen-bond acceptors (Lipinski definition) is 4. The Kier molecular flexibility index (Phi) is 5.91. The van der Waals surface area contributed by atoms with E-state index in [0.717, 1.165) is 27.9 Å². The predicted molar refractivity (Wildman–Crippen MR) is 82.4 cm³/mol. The van der Waals surface area contributed by atoms with Gasteiger partial charge in [0.1, 0.15) is 0 Å². The van der Waals surface area contributed by atoms with Crippen LogP contribution in [0, 0.1) is 0 Å². The second-order valence-corrected chi connectivity index (χ2v) is 5.91. The molecule has 0 amide bonds. The SMILES string of the molecule is COCCNCc1ccc(Sc2cnn(C)c2)c(Cl)c1. The van der Waals surface area contributed by atoms with Crippen LogP contribution in [-0.4, -0.2) is 30.0 Å². The first-order chi connectivity index (χ1) is 9.69. The molecule has 2 rings (SSSR count). The molecule has 0 bridgehead atoms. The van der Waals surface area contributed by atoms with Crippen molar-refractivity contribution in [2.24, 2.45) is 7.05 Å². The van der Waals surface area contributed by atoms with Crippen LogP contribution in [0.3, 0.4) is 0 Å². The van der Waals surface area contributed by atoms with Gasteiger partial charge >= 0.3 is 0 Å². The molecule has 1 aromatic carbocycles. The Hall–Kier alpha value is -1.01. The molecule has 4 nitrogen and oxygen atoms in total. The van der Waals surface area contributed by atoms with Crippen LogP contribution in [0.2, 0.25) is 5.02 Å². The standard InChI is InChI=1S/C14H18ClN3OS/c1-18-10-12(9-17-18)20-14-4-3-11(7-13(14)15)8-16-5-6-19-2/h3-4,7,9-10,16H,5-6,8H2,1-2H3. The molecule has 0 radical (unpaired) electrons. The number of nitrogens with zero attached hydrogens (tertiary/aromatic N) is 2. The van der Waals surface area contributed by atoms with Gasteiger partial charge in [0.05, 0.1) is 22.7 Å². The quantitative estimate of drug-likeness (QED) is 0.798. The number of hydrogen-bond donors (Lipinski definition) is 1. The number of nitrogens with one attached hydrogen (secondary N) is 1. The summed E-state index contributed by atoms with van der Waals surface area (Å²) in [7, 11) is 3.60. The van der Waals surface area contributed by atoms with Crippen molar-refractivity contribution in [1.82, 2.24) is 15.1 Å². The highest BCUT2D eigenvalue weighted by Crippen LogP contribution is 2.33. The number of aryl methyl sites for hydroxylation is 1. The number of rotatable bonds is 7. The molecule has 6 heteroatoms. The lowest BCUT2D eigenvalue weighted by atomic mass is 10.2. The maximum absolute atomic E-state index is 6.33. The Bertz CT molecular complexity index is 559. The smallest absolute Gasteiger partial charge is 0.0629 e. The largest absolute Gasteiger partial charge is 0.383 e. The van der Waals surface area contributed by atoms with E-state index in [-0.39, 0.29) is 0 Å². The number of halogens is 1. The van der Waals surface area contributed by atoms with Crippen molar-refractivity contribution in [2.45, 2.75) is 16.3 Å². The van der Waals surface area contributed by atoms with Crippen molar-refractivity contribution in [2.75, 3.05) is 20.3 Å². The summed E-state index contributed by atoms with van der Waals surface area (Å²) in [5, 5.41) is 8.22. The summed E-state index contributed by atoms with van der Waals surface area (Å²) in [4.78, 5) is 2.13. The summed E-state index contributed by atoms with van der Waals surface area (Å²) in [6.45, 7) is 2.34. The topological polar surface area (TPSA) is 39.1 Å². The van der Waals surface area contributed by atoms with Crippen LogP contribution in [0.15, 0.2) is 40.4 Å². The van der Waals surface area contributed by atoms with Crippen LogP contribution >= 0.6 is 23.4 Å². The first kappa shape index (κ1) is 15.4. The van der Waals surface area contributed by atoms with Crippen molar-refractivity contribution in [3.63, 3.8) is 0 Å². The Morgan fingerprint density at radius 3 is 2.95 bits per heavy atom. The highest BCUT2D eigenvalue weighted by atomic mass is 35.5. The number of ether oxygens (including phenoxy) is 1. The number of benzene rings is 1. The van der Waals surface area contributed by atoms with Crippen LogP contribution < -0.4 is 5.32 Å². The molecule has 1 heterocycles. The average molecular weight is 312 g/mol. The molecule has 0 unspecified atom stereocenters. The van der Waals surface area contributed by atoms with Gasteiger partial charge in [-0.2, -0.15) is 5.10 Å². The first-order valence-electron chi connectivity index (χ1n) is 6.33. The zero-order valence-corrected chi connectivity index (χ0v) is 13.2. The molecule has 1 aromatic heterocycles. The van der Waals surface area contributed by atoms with E-state index in [1.165, 1.54) is 5.56 Å². The maximum atomic E-state index is 6.33. The van der Waals surface area contributed by atoms with E-state index >= 15 is 0 Å². The van der Waals surface area contributed by atoms with Crippen molar-refractivity contribution < 1.29 is 4.74 Å². The zero-order valence-electron chi connectivity index (χ0n) is 11.6. The number of methoxy groups -OCH3 is 1. The van der Waals surface area contributed by atoms with Gasteiger partial charge in [0.2, 0.25) is 0 Å². The molecule has 0 fully saturated rings. The van der Waals surface area contributed by atoms with E-state index in [2.05, 4.69) is 16.5 Å². The van der Waals surface area contributed by atoms with Crippen molar-refractivity contribution in [3.05, 3.63) is 41.2 Å². The van der Waals surface area contributed by atoms with Crippen molar-refractivity contribution in [1.29, 1.82) is 0 Å². The molecule has 0 atom stereocenters. The minimum Gasteiger partial charge on any atom is -0.383 e. The minimum absolute atomic E-state index is 0.711. The fourth-order valence-electron chi connectivity index (χ4n) is 1.72. The molecule has 0 aliphatic heterocycles. The summed E-state index contributed by atoms with van der Waals surface area (Å²) in [6, 6.07) is 6.14. The zero-order chi connectivity index (χ0) is 14.4. The monoisotopic (exact) mass is 311 g/mol. The molecule has 108 valence electrons. The molecule has 1 N–H and O–H groups in total. The van der Waals surface area contributed by atoms with Gasteiger partial charge in [-0.15, -0.1) is 0 Å². The molecule has 0 aliphatic carbocycles. The predicted octanol–water partition coefficient (Wildman–Crippen LogP) is 2.96. The van der Waals surface area contributed by atoms with Gasteiger partial charge in [-0.05, 0) is 17.7 Å². The summed E-state index contributed by atoms with van der Waals surface area (Å²) >= 11 is 7.95. The van der Waals surface area contributed by atoms with Crippen LogP contribution in [0.5, 0.6) is 0 Å². The molecular formula is C14H18ClN3OS. The lowest BCUT2D eigenvalue weighted by Crippen LogP contribution is -2.18. The third-order valence-corrected chi connectivity index (χ3v) is 4.16. The second kappa shape index (κ2) is 7.69. The van der Waals surface area contributed by atoms with Crippen LogP contribution in [0.1, 0.15) is 5.56 Å². The van der Waals surface area contributed by atoms with Crippen LogP contribution in [-0.2, 0) is 18.3 Å². The molecule has 20 heavy (non-hydrogen) atoms. The van der Waals surface area contributed by atoms with E-state index in [1.807, 2.05) is 31.6 Å². The van der Waals surface area contributed by atoms with Gasteiger partial charge in [-0.25, -0.2) is 0 Å². The van der Waals surface area contributed by atoms with Gasteiger partial charge in [-0.3, -0.25) is 4.68 Å². The molecule has 2 aromatic rings. The van der Waals surface area contributed by atoms with Gasteiger partial charge in [0.25, 0.3) is 0 Å². The molecule has 0 spiro atoms. The summed E-state index contributed by atoms with van der Waals surface area (Å²) in [5.41, 5.74) is 1.17. The normalized spacial score (nSPS) is 10.9. The lowest BCUT2D eigenvalue weighted by Gasteiger charge is -2.07. The molecule has 0 saturated heterocycles. The Morgan fingerprint density at radius 2 is 2.30 bits per heavy atom. The van der Waals surface area contributed by atoms with E-state index in [0.29, 0.717) is 6.61 Å². The van der Waals surface area contributed by atoms with Crippen molar-refractivity contribution in [3.8, 4) is 0 Å². The lowest BCUT2D eigenvalue weighted by molar-refractivity contribution is 0.199. The summed E-state index contributed by atoms with van der Waals surface area (Å²) < 4.78 is 6.77. The Morgan fingerprint density at radius 1 is 1.45 bits per heavy atom. The summed E-state index contributed by atoms with van der Waals surface area (Å²) in [6.07, 6.45) is 3.81.